The summed E-state index contributed by atoms with van der Waals surface area (Å²) in [6.45, 7) is 20.0. The number of thiol groups is 1. The van der Waals surface area contributed by atoms with Crippen molar-refractivity contribution in [3.05, 3.63) is 120 Å². The van der Waals surface area contributed by atoms with E-state index in [1.165, 1.54) is 70.2 Å². The molecule has 8 nitrogen and oxygen atoms in total. The van der Waals surface area contributed by atoms with Crippen LogP contribution in [-0.2, 0) is 19.2 Å². The molecule has 0 aliphatic rings. The Bertz CT molecular complexity index is 1860. The molecule has 0 radical (unpaired) electrons. The smallest absolute Gasteiger partial charge is 0.338 e. The lowest BCUT2D eigenvalue weighted by molar-refractivity contribution is -0.132. The average Bonchev–Trinajstić information content (AvgIpc) is 3.02. The maximum Gasteiger partial charge on any atom is 0.338 e. The third-order valence-corrected chi connectivity index (χ3v) is 5.74. The van der Waals surface area contributed by atoms with Crippen molar-refractivity contribution in [3.8, 4) is 46.0 Å². The summed E-state index contributed by atoms with van der Waals surface area (Å²) in [7, 11) is 0. The molecular weight excluding hydrogens is 623 g/mol. The van der Waals surface area contributed by atoms with Gasteiger partial charge in [-0.3, -0.25) is 0 Å². The molecule has 0 fully saturated rings. The Morgan fingerprint density at radius 2 is 0.936 bits per heavy atom. The second-order valence-electron chi connectivity index (χ2n) is 9.95. The zero-order chi connectivity index (χ0) is 35.4. The molecule has 0 atom stereocenters. The second kappa shape index (κ2) is 17.1. The first kappa shape index (κ1) is 37.5. The number of ether oxygens (including phenoxy) is 4. The lowest BCUT2D eigenvalue weighted by Gasteiger charge is -2.13. The van der Waals surface area contributed by atoms with Gasteiger partial charge in [-0.05, 0) is 81.5 Å². The van der Waals surface area contributed by atoms with Gasteiger partial charge in [0.25, 0.3) is 0 Å². The number of carbonyl (C=O) groups excluding carboxylic acids is 4. The van der Waals surface area contributed by atoms with Gasteiger partial charge in [0.15, 0.2) is 23.0 Å². The van der Waals surface area contributed by atoms with Crippen LogP contribution in [0.4, 0.5) is 4.39 Å². The molecule has 3 aromatic rings. The summed E-state index contributed by atoms with van der Waals surface area (Å²) in [4.78, 5) is 48.4. The Hall–Kier alpha value is -5.66. The molecule has 0 spiro atoms. The fraction of sp³-hybridized carbons (Fsp3) is 0.135. The molecule has 0 aliphatic heterocycles. The third-order valence-electron chi connectivity index (χ3n) is 5.74. The van der Waals surface area contributed by atoms with E-state index in [1.54, 1.807) is 18.4 Å². The normalized spacial score (nSPS) is 9.68. The number of hydrogen-bond donors (Lipinski definition) is 1. The van der Waals surface area contributed by atoms with Gasteiger partial charge in [-0.1, -0.05) is 50.3 Å². The van der Waals surface area contributed by atoms with Crippen LogP contribution in [0.25, 0.3) is 11.1 Å². The van der Waals surface area contributed by atoms with E-state index in [2.05, 4.69) is 50.8 Å². The Morgan fingerprint density at radius 1 is 0.553 bits per heavy atom. The van der Waals surface area contributed by atoms with Gasteiger partial charge in [0.05, 0.1) is 5.56 Å². The van der Waals surface area contributed by atoms with Crippen LogP contribution in [0, 0.1) is 17.7 Å². The molecule has 0 saturated heterocycles. The minimum Gasteiger partial charge on any atom is -0.419 e. The van der Waals surface area contributed by atoms with E-state index in [-0.39, 0.29) is 50.9 Å². The fourth-order valence-electron chi connectivity index (χ4n) is 3.29. The van der Waals surface area contributed by atoms with Gasteiger partial charge in [0, 0.05) is 33.9 Å². The summed E-state index contributed by atoms with van der Waals surface area (Å²) in [5.41, 5.74) is 1.78. The summed E-state index contributed by atoms with van der Waals surface area (Å²) >= 11 is 3.53. The van der Waals surface area contributed by atoms with E-state index in [0.29, 0.717) is 16.7 Å². The van der Waals surface area contributed by atoms with Crippen LogP contribution < -0.4 is 18.9 Å². The largest absolute Gasteiger partial charge is 0.419 e. The van der Waals surface area contributed by atoms with Gasteiger partial charge in [-0.25, -0.2) is 23.6 Å². The van der Waals surface area contributed by atoms with Gasteiger partial charge in [0.1, 0.15) is 5.82 Å². The lowest BCUT2D eigenvalue weighted by atomic mass is 10.0. The van der Waals surface area contributed by atoms with Crippen LogP contribution in [0.15, 0.2) is 103 Å². The topological polar surface area (TPSA) is 105 Å². The molecule has 3 aromatic carbocycles. The van der Waals surface area contributed by atoms with Gasteiger partial charge in [-0.2, -0.15) is 12.6 Å². The monoisotopic (exact) mass is 656 g/mol. The van der Waals surface area contributed by atoms with E-state index >= 15 is 4.39 Å². The van der Waals surface area contributed by atoms with Crippen LogP contribution >= 0.6 is 12.6 Å². The minimum absolute atomic E-state index is 0.0296. The zero-order valence-electron chi connectivity index (χ0n) is 26.6. The third kappa shape index (κ3) is 10.7. The molecule has 47 heavy (non-hydrogen) atoms. The summed E-state index contributed by atoms with van der Waals surface area (Å²) in [5.74, 6) is 1.75. The number of esters is 4. The van der Waals surface area contributed by atoms with Crippen molar-refractivity contribution < 1.29 is 42.5 Å². The van der Waals surface area contributed by atoms with E-state index in [4.69, 9.17) is 18.9 Å². The van der Waals surface area contributed by atoms with Crippen LogP contribution in [0.1, 0.15) is 38.8 Å². The second-order valence-corrected chi connectivity index (χ2v) is 9.95. The zero-order valence-corrected chi connectivity index (χ0v) is 27.5. The van der Waals surface area contributed by atoms with Crippen molar-refractivity contribution in [1.82, 2.24) is 0 Å². The molecule has 0 heterocycles. The molecule has 0 aromatic heterocycles. The van der Waals surface area contributed by atoms with Crippen LogP contribution in [0.5, 0.6) is 23.0 Å². The van der Waals surface area contributed by atoms with E-state index in [1.807, 2.05) is 0 Å². The molecular formula is C37H33FO8S. The van der Waals surface area contributed by atoms with E-state index in [0.717, 1.165) is 0 Å². The molecule has 0 unspecified atom stereocenters. The van der Waals surface area contributed by atoms with Gasteiger partial charge >= 0.3 is 23.9 Å². The first-order valence-electron chi connectivity index (χ1n) is 13.7. The van der Waals surface area contributed by atoms with Gasteiger partial charge in [-0.15, -0.1) is 0 Å². The number of benzene rings is 3. The average molecular weight is 657 g/mol. The van der Waals surface area contributed by atoms with Crippen molar-refractivity contribution in [3.63, 3.8) is 0 Å². The molecule has 10 heteroatoms. The first-order valence-corrected chi connectivity index (χ1v) is 14.6. The minimum atomic E-state index is -0.742. The van der Waals surface area contributed by atoms with Crippen molar-refractivity contribution in [2.75, 3.05) is 6.26 Å². The van der Waals surface area contributed by atoms with Crippen molar-refractivity contribution >= 4 is 36.5 Å². The summed E-state index contributed by atoms with van der Waals surface area (Å²) in [6, 6.07) is 13.0. The number of halogens is 1. The first-order chi connectivity index (χ1) is 22.2. The molecule has 0 N–H and O–H groups in total. The molecule has 0 saturated carbocycles. The Morgan fingerprint density at radius 3 is 1.38 bits per heavy atom. The maximum atomic E-state index is 15.2. The van der Waals surface area contributed by atoms with E-state index in [9.17, 15) is 19.2 Å². The summed E-state index contributed by atoms with van der Waals surface area (Å²) in [6.07, 6.45) is 1.69. The van der Waals surface area contributed by atoms with E-state index < -0.39 is 29.7 Å². The molecule has 242 valence electrons. The number of rotatable bonds is 9. The summed E-state index contributed by atoms with van der Waals surface area (Å²) in [5, 5.41) is 0. The summed E-state index contributed by atoms with van der Waals surface area (Å²) < 4.78 is 36.4. The predicted molar refractivity (Wildman–Crippen MR) is 181 cm³/mol. The fourth-order valence-corrected chi connectivity index (χ4v) is 3.29. The maximum absolute atomic E-state index is 15.2. The van der Waals surface area contributed by atoms with Crippen LogP contribution in [0.2, 0.25) is 0 Å². The molecule has 0 aliphatic carbocycles. The van der Waals surface area contributed by atoms with Gasteiger partial charge < -0.3 is 18.9 Å². The Kier molecular flexibility index (Phi) is 13.7. The highest BCUT2D eigenvalue weighted by Gasteiger charge is 2.18. The number of carbonyl (C=O) groups is 4. The highest BCUT2D eigenvalue weighted by molar-refractivity contribution is 7.79. The lowest BCUT2D eigenvalue weighted by Crippen LogP contribution is -2.12. The van der Waals surface area contributed by atoms with Crippen molar-refractivity contribution in [1.29, 1.82) is 0 Å². The number of hydrogen-bond acceptors (Lipinski definition) is 9. The quantitative estimate of drug-likeness (QED) is 0.0838. The van der Waals surface area contributed by atoms with Crippen molar-refractivity contribution in [2.24, 2.45) is 0 Å². The molecule has 0 amide bonds. The highest BCUT2D eigenvalue weighted by Crippen LogP contribution is 2.34. The van der Waals surface area contributed by atoms with Crippen molar-refractivity contribution in [2.45, 2.75) is 27.7 Å². The van der Waals surface area contributed by atoms with Crippen LogP contribution in [-0.4, -0.2) is 30.1 Å². The molecule has 0 bridgehead atoms. The SMILES string of the molecule is C=C(C)C(=O)Oc1ccc(C#Cc2ccc(-c3ccc(OC(=O)C(=C)C)c(OC(=O)C(=C)C)c3)cc2F)cc1OC(=O)C(=C)C.CS. The Balaban J connectivity index is 0.00000376. The van der Waals surface area contributed by atoms with Crippen LogP contribution in [0.3, 0.4) is 0 Å². The predicted octanol–water partition coefficient (Wildman–Crippen LogP) is 7.36. The Labute approximate surface area is 278 Å². The van der Waals surface area contributed by atoms with Gasteiger partial charge in [0.2, 0.25) is 0 Å². The molecule has 3 rings (SSSR count). The highest BCUT2D eigenvalue weighted by atomic mass is 32.1. The standard InChI is InChI=1S/C36H29FO8.CH4S/c1-20(2)33(38)42-29-15-10-24(17-31(29)44-35(40)22(5)6)9-11-25-12-13-26(18-28(25)37)27-14-16-30(43-34(39)21(3)4)32(19-27)45-36(41)23(7)8;1-2/h10,12-19H,1,3,5,7H2,2,4,6,8H3;2H,1H3.